The second-order valence-corrected chi connectivity index (χ2v) is 0. The van der Waals surface area contributed by atoms with Crippen LogP contribution >= 0.6 is 0 Å². The van der Waals surface area contributed by atoms with Crippen LogP contribution in [0.25, 0.3) is 0 Å². The molecule has 8 N–H and O–H groups in total. The second kappa shape index (κ2) is 682. The first-order valence-corrected chi connectivity index (χ1v) is 0. The van der Waals surface area contributed by atoms with E-state index in [1.807, 2.05) is 0 Å². The molecule has 0 spiro atoms. The summed E-state index contributed by atoms with van der Waals surface area (Å²) in [6.07, 6.45) is 0. The van der Waals surface area contributed by atoms with Gasteiger partial charge in [0.1, 0.15) is 0 Å². The molecule has 0 rings (SSSR count). The summed E-state index contributed by atoms with van der Waals surface area (Å²) in [6.45, 7) is 0. The fraction of sp³-hybridized carbons (Fsp3) is 0. The molecular formula is H8O8Ti2. The van der Waals surface area contributed by atoms with Crippen LogP contribution in [0.3, 0.4) is 0 Å². The summed E-state index contributed by atoms with van der Waals surface area (Å²) in [5.41, 5.74) is 0. The van der Waals surface area contributed by atoms with Crippen LogP contribution in [0.2, 0.25) is 0 Å². The minimum atomic E-state index is 0. The summed E-state index contributed by atoms with van der Waals surface area (Å²) in [5, 5.41) is 0. The van der Waals surface area contributed by atoms with Gasteiger partial charge in [0.25, 0.3) is 0 Å². The van der Waals surface area contributed by atoms with E-state index in [1.165, 1.54) is 0 Å². The largest absolute Gasteiger partial charge is 4.00 e. The van der Waals surface area contributed by atoms with Crippen LogP contribution in [0.4, 0.5) is 0 Å². The Morgan fingerprint density at radius 3 is 0.200 bits per heavy atom. The van der Waals surface area contributed by atoms with Gasteiger partial charge in [0.05, 0.1) is 0 Å². The predicted molar refractivity (Wildman–Crippen MR) is 15.5 cm³/mol. The average Bonchev–Trinajstić information content (AvgIpc) is 0. The summed E-state index contributed by atoms with van der Waals surface area (Å²) >= 11 is 0. The SMILES string of the molecule is [OH-].[OH-].[OH-].[OH-].[OH-].[OH-].[OH-].[OH-].[Ti+4].[Ti+4]. The summed E-state index contributed by atoms with van der Waals surface area (Å²) in [4.78, 5) is 0. The Balaban J connectivity index is 0. The van der Waals surface area contributed by atoms with E-state index in [0.717, 1.165) is 0 Å². The Bertz CT molecular complexity index is 7.22. The first kappa shape index (κ1) is 924. The Kier molecular flexibility index (Phi) is 63000. The Morgan fingerprint density at radius 1 is 0.200 bits per heavy atom. The van der Waals surface area contributed by atoms with Crippen LogP contribution in [-0.2, 0) is 43.4 Å². The van der Waals surface area contributed by atoms with Crippen molar-refractivity contribution < 1.29 is 87.2 Å². The summed E-state index contributed by atoms with van der Waals surface area (Å²) < 4.78 is 0. The molecule has 0 aromatic heterocycles. The van der Waals surface area contributed by atoms with Crippen molar-refractivity contribution in [2.24, 2.45) is 0 Å². The van der Waals surface area contributed by atoms with Crippen molar-refractivity contribution in [3.05, 3.63) is 0 Å². The van der Waals surface area contributed by atoms with E-state index in [9.17, 15) is 0 Å². The first-order valence-electron chi connectivity index (χ1n) is 0. The molecule has 0 amide bonds. The van der Waals surface area contributed by atoms with Gasteiger partial charge in [-0.05, 0) is 0 Å². The molecule has 0 aliphatic heterocycles. The zero-order chi connectivity index (χ0) is 0. The van der Waals surface area contributed by atoms with Gasteiger partial charge in [-0.1, -0.05) is 0 Å². The van der Waals surface area contributed by atoms with E-state index >= 15 is 0 Å². The van der Waals surface area contributed by atoms with Crippen LogP contribution < -0.4 is 0 Å². The zero-order valence-electron chi connectivity index (χ0n) is 4.58. The van der Waals surface area contributed by atoms with Gasteiger partial charge in [-0.2, -0.15) is 0 Å². The third-order valence-electron chi connectivity index (χ3n) is 0. The molecule has 0 radical (unpaired) electrons. The minimum absolute atomic E-state index is 0. The van der Waals surface area contributed by atoms with Crippen molar-refractivity contribution in [3.8, 4) is 0 Å². The molecule has 0 saturated heterocycles. The van der Waals surface area contributed by atoms with Crippen LogP contribution in [0.15, 0.2) is 0 Å². The van der Waals surface area contributed by atoms with Crippen LogP contribution in [-0.4, -0.2) is 43.8 Å². The maximum absolute atomic E-state index is 0. The molecule has 0 bridgehead atoms. The summed E-state index contributed by atoms with van der Waals surface area (Å²) in [6, 6.07) is 0. The Morgan fingerprint density at radius 2 is 0.200 bits per heavy atom. The normalized spacial score (nSPS) is 0. The molecule has 0 saturated carbocycles. The molecule has 0 unspecified atom stereocenters. The average molecular weight is 232 g/mol. The van der Waals surface area contributed by atoms with E-state index in [-0.39, 0.29) is 87.2 Å². The maximum atomic E-state index is 0. The van der Waals surface area contributed by atoms with Gasteiger partial charge in [-0.25, -0.2) is 0 Å². The van der Waals surface area contributed by atoms with Crippen LogP contribution in [0.5, 0.6) is 0 Å². The molecule has 64 valence electrons. The second-order valence-electron chi connectivity index (χ2n) is 0. The van der Waals surface area contributed by atoms with Gasteiger partial charge in [0.15, 0.2) is 0 Å². The summed E-state index contributed by atoms with van der Waals surface area (Å²) in [7, 11) is 0. The van der Waals surface area contributed by atoms with Gasteiger partial charge in [0.2, 0.25) is 0 Å². The van der Waals surface area contributed by atoms with Crippen LogP contribution in [0.1, 0.15) is 0 Å². The van der Waals surface area contributed by atoms with Gasteiger partial charge >= 0.3 is 43.4 Å². The smallest absolute Gasteiger partial charge is 0.870 e. The van der Waals surface area contributed by atoms with Crippen molar-refractivity contribution >= 4 is 0 Å². The molecule has 0 aromatic rings. The maximum Gasteiger partial charge on any atom is 4.00 e. The standard InChI is InChI=1S/8H2O.2Ti/h8*1H2;;/q;;;;;;;;2*+4/p-8. The molecule has 0 atom stereocenters. The van der Waals surface area contributed by atoms with E-state index in [4.69, 9.17) is 0 Å². The van der Waals surface area contributed by atoms with E-state index < -0.39 is 0 Å². The minimum Gasteiger partial charge on any atom is -0.870 e. The molecule has 10 heavy (non-hydrogen) atoms. The van der Waals surface area contributed by atoms with Crippen molar-refractivity contribution in [2.75, 3.05) is 0 Å². The van der Waals surface area contributed by atoms with E-state index in [0.29, 0.717) is 0 Å². The van der Waals surface area contributed by atoms with Crippen molar-refractivity contribution in [2.45, 2.75) is 0 Å². The van der Waals surface area contributed by atoms with Crippen molar-refractivity contribution in [1.82, 2.24) is 0 Å². The fourth-order valence-corrected chi connectivity index (χ4v) is 0. The molecule has 8 nitrogen and oxygen atoms in total. The van der Waals surface area contributed by atoms with E-state index in [1.54, 1.807) is 0 Å². The van der Waals surface area contributed by atoms with E-state index in [2.05, 4.69) is 0 Å². The molecule has 0 aliphatic carbocycles. The van der Waals surface area contributed by atoms with Crippen LogP contribution in [0, 0.1) is 0 Å². The quantitative estimate of drug-likeness (QED) is 0.446. The van der Waals surface area contributed by atoms with Crippen molar-refractivity contribution in [3.63, 3.8) is 0 Å². The first-order chi connectivity index (χ1) is 0. The Labute approximate surface area is 87.2 Å². The Hall–Kier alpha value is 1.11. The molecule has 0 aromatic carbocycles. The third kappa shape index (κ3) is 487. The van der Waals surface area contributed by atoms with Gasteiger partial charge in [0, 0.05) is 0 Å². The molecule has 0 aliphatic rings. The number of rotatable bonds is 0. The van der Waals surface area contributed by atoms with Crippen molar-refractivity contribution in [1.29, 1.82) is 0 Å². The summed E-state index contributed by atoms with van der Waals surface area (Å²) in [5.74, 6) is 0. The number of hydrogen-bond acceptors (Lipinski definition) is 8. The third-order valence-corrected chi connectivity index (χ3v) is 0. The zero-order valence-corrected chi connectivity index (χ0v) is 7.70. The molecule has 0 heterocycles. The molecule has 10 heteroatoms. The number of hydrogen-bond donors (Lipinski definition) is 0. The monoisotopic (exact) mass is 232 g/mol. The molecular weight excluding hydrogens is 224 g/mol. The van der Waals surface area contributed by atoms with Gasteiger partial charge < -0.3 is 43.8 Å². The topological polar surface area (TPSA) is 240 Å². The fourth-order valence-electron chi connectivity index (χ4n) is 0. The van der Waals surface area contributed by atoms with Gasteiger partial charge in [-0.15, -0.1) is 0 Å². The predicted octanol–water partition coefficient (Wildman–Crippen LogP) is -1.42. The van der Waals surface area contributed by atoms with Gasteiger partial charge in [-0.3, -0.25) is 0 Å². The molecule has 0 fully saturated rings.